The molecule has 0 aliphatic carbocycles. The van der Waals surface area contributed by atoms with Gasteiger partial charge in [0.2, 0.25) is 0 Å². The van der Waals surface area contributed by atoms with Crippen molar-refractivity contribution in [2.75, 3.05) is 0 Å². The van der Waals surface area contributed by atoms with Crippen molar-refractivity contribution in [2.24, 2.45) is 5.73 Å². The fraction of sp³-hybridized carbons (Fsp3) is 0.333. The van der Waals surface area contributed by atoms with Gasteiger partial charge in [0.25, 0.3) is 0 Å². The number of halogens is 4. The SMILES string of the molecule is CCC(N)c1cn(-c2cc(Br)cc(C(F)(F)F)c2)nn1. The normalized spacial score (nSPS) is 13.5. The zero-order valence-electron chi connectivity index (χ0n) is 10.5. The number of alkyl halides is 3. The van der Waals surface area contributed by atoms with Crippen LogP contribution in [0.25, 0.3) is 5.69 Å². The molecule has 4 nitrogen and oxygen atoms in total. The van der Waals surface area contributed by atoms with Crippen LogP contribution < -0.4 is 5.73 Å². The van der Waals surface area contributed by atoms with E-state index < -0.39 is 11.7 Å². The van der Waals surface area contributed by atoms with Gasteiger partial charge in [0, 0.05) is 4.47 Å². The second-order valence-corrected chi connectivity index (χ2v) is 5.21. The van der Waals surface area contributed by atoms with E-state index in [1.807, 2.05) is 6.92 Å². The summed E-state index contributed by atoms with van der Waals surface area (Å²) < 4.78 is 39.9. The van der Waals surface area contributed by atoms with Crippen molar-refractivity contribution in [2.45, 2.75) is 25.6 Å². The molecule has 0 aliphatic heterocycles. The molecule has 1 atom stereocenters. The Bertz CT molecular complexity index is 609. The summed E-state index contributed by atoms with van der Waals surface area (Å²) in [5, 5.41) is 7.69. The van der Waals surface area contributed by atoms with Crippen LogP contribution in [0.15, 0.2) is 28.9 Å². The fourth-order valence-corrected chi connectivity index (χ4v) is 2.13. The molecule has 0 saturated heterocycles. The van der Waals surface area contributed by atoms with E-state index >= 15 is 0 Å². The van der Waals surface area contributed by atoms with Crippen molar-refractivity contribution in [3.05, 3.63) is 40.1 Å². The summed E-state index contributed by atoms with van der Waals surface area (Å²) in [7, 11) is 0. The van der Waals surface area contributed by atoms with Crippen molar-refractivity contribution in [3.63, 3.8) is 0 Å². The predicted molar refractivity (Wildman–Crippen MR) is 71.3 cm³/mol. The van der Waals surface area contributed by atoms with Gasteiger partial charge in [-0.3, -0.25) is 0 Å². The molecule has 0 fully saturated rings. The van der Waals surface area contributed by atoms with Gasteiger partial charge in [0.05, 0.1) is 29.2 Å². The van der Waals surface area contributed by atoms with E-state index in [0.29, 0.717) is 16.6 Å². The topological polar surface area (TPSA) is 56.7 Å². The van der Waals surface area contributed by atoms with Crippen LogP contribution in [0.3, 0.4) is 0 Å². The van der Waals surface area contributed by atoms with Gasteiger partial charge in [-0.1, -0.05) is 28.1 Å². The molecular weight excluding hydrogens is 337 g/mol. The Kier molecular flexibility index (Phi) is 4.14. The molecule has 8 heteroatoms. The summed E-state index contributed by atoms with van der Waals surface area (Å²) in [5.41, 5.74) is 5.87. The minimum Gasteiger partial charge on any atom is -0.323 e. The second kappa shape index (κ2) is 5.53. The van der Waals surface area contributed by atoms with Gasteiger partial charge < -0.3 is 5.73 Å². The number of nitrogens with two attached hydrogens (primary N) is 1. The zero-order chi connectivity index (χ0) is 14.9. The van der Waals surface area contributed by atoms with Crippen molar-refractivity contribution >= 4 is 15.9 Å². The highest BCUT2D eigenvalue weighted by atomic mass is 79.9. The largest absolute Gasteiger partial charge is 0.416 e. The number of aromatic nitrogens is 3. The minimum atomic E-state index is -4.41. The van der Waals surface area contributed by atoms with Crippen LogP contribution >= 0.6 is 15.9 Å². The molecule has 0 aliphatic rings. The molecule has 2 aromatic rings. The molecule has 0 saturated carbocycles. The summed E-state index contributed by atoms with van der Waals surface area (Å²) in [4.78, 5) is 0. The lowest BCUT2D eigenvalue weighted by Crippen LogP contribution is -2.09. The average molecular weight is 349 g/mol. The van der Waals surface area contributed by atoms with Crippen LogP contribution in [-0.4, -0.2) is 15.0 Å². The quantitative estimate of drug-likeness (QED) is 0.923. The first-order valence-electron chi connectivity index (χ1n) is 5.87. The number of hydrogen-bond acceptors (Lipinski definition) is 3. The maximum absolute atomic E-state index is 12.8. The molecule has 1 unspecified atom stereocenters. The molecule has 0 amide bonds. The number of benzene rings is 1. The molecule has 2 N–H and O–H groups in total. The Balaban J connectivity index is 2.42. The molecule has 0 bridgehead atoms. The third-order valence-corrected chi connectivity index (χ3v) is 3.26. The number of nitrogens with zero attached hydrogens (tertiary/aromatic N) is 3. The smallest absolute Gasteiger partial charge is 0.323 e. The van der Waals surface area contributed by atoms with Gasteiger partial charge in [-0.15, -0.1) is 5.10 Å². The number of rotatable bonds is 3. The molecule has 1 heterocycles. The van der Waals surface area contributed by atoms with Crippen molar-refractivity contribution < 1.29 is 13.2 Å². The van der Waals surface area contributed by atoms with E-state index in [1.54, 1.807) is 0 Å². The Labute approximate surface area is 121 Å². The molecule has 20 heavy (non-hydrogen) atoms. The molecule has 0 radical (unpaired) electrons. The Hall–Kier alpha value is -1.41. The van der Waals surface area contributed by atoms with E-state index in [4.69, 9.17) is 5.73 Å². The predicted octanol–water partition coefficient (Wildman–Crippen LogP) is 3.46. The van der Waals surface area contributed by atoms with Crippen molar-refractivity contribution in [3.8, 4) is 5.69 Å². The highest BCUT2D eigenvalue weighted by Crippen LogP contribution is 2.32. The van der Waals surface area contributed by atoms with E-state index in [1.165, 1.54) is 16.9 Å². The van der Waals surface area contributed by atoms with Crippen LogP contribution in [0, 0.1) is 0 Å². The first kappa shape index (κ1) is 15.0. The average Bonchev–Trinajstić information content (AvgIpc) is 2.85. The van der Waals surface area contributed by atoms with Crippen LogP contribution in [0.1, 0.15) is 30.6 Å². The van der Waals surface area contributed by atoms with Gasteiger partial charge in [-0.05, 0) is 24.6 Å². The Morgan fingerprint density at radius 1 is 1.35 bits per heavy atom. The summed E-state index contributed by atoms with van der Waals surface area (Å²) in [6.07, 6.45) is -2.21. The molecule has 1 aromatic heterocycles. The van der Waals surface area contributed by atoms with Crippen molar-refractivity contribution in [1.82, 2.24) is 15.0 Å². The van der Waals surface area contributed by atoms with Crippen molar-refractivity contribution in [1.29, 1.82) is 0 Å². The highest BCUT2D eigenvalue weighted by Gasteiger charge is 2.31. The first-order chi connectivity index (χ1) is 9.31. The fourth-order valence-electron chi connectivity index (χ4n) is 1.65. The monoisotopic (exact) mass is 348 g/mol. The second-order valence-electron chi connectivity index (χ2n) is 4.30. The molecule has 108 valence electrons. The maximum atomic E-state index is 12.8. The molecule has 2 rings (SSSR count). The summed E-state index contributed by atoms with van der Waals surface area (Å²) >= 11 is 3.07. The Morgan fingerprint density at radius 3 is 2.65 bits per heavy atom. The lowest BCUT2D eigenvalue weighted by Gasteiger charge is -2.09. The minimum absolute atomic E-state index is 0.272. The van der Waals surface area contributed by atoms with Crippen LogP contribution in [0.4, 0.5) is 13.2 Å². The molecular formula is C12H12BrF3N4. The number of hydrogen-bond donors (Lipinski definition) is 1. The zero-order valence-corrected chi connectivity index (χ0v) is 12.1. The third kappa shape index (κ3) is 3.18. The van der Waals surface area contributed by atoms with Gasteiger partial charge in [-0.2, -0.15) is 13.2 Å². The van der Waals surface area contributed by atoms with E-state index in [9.17, 15) is 13.2 Å². The van der Waals surface area contributed by atoms with Crippen LogP contribution in [0.2, 0.25) is 0 Å². The van der Waals surface area contributed by atoms with Gasteiger partial charge in [0.15, 0.2) is 0 Å². The van der Waals surface area contributed by atoms with Gasteiger partial charge in [-0.25, -0.2) is 4.68 Å². The van der Waals surface area contributed by atoms with E-state index in [2.05, 4.69) is 26.2 Å². The standard InChI is InChI=1S/C12H12BrF3N4/c1-2-10(17)11-6-20(19-18-11)9-4-7(12(14,15)16)3-8(13)5-9/h3-6,10H,2,17H2,1H3. The van der Waals surface area contributed by atoms with Gasteiger partial charge >= 0.3 is 6.18 Å². The maximum Gasteiger partial charge on any atom is 0.416 e. The molecule has 0 spiro atoms. The summed E-state index contributed by atoms with van der Waals surface area (Å²) in [5.74, 6) is 0. The van der Waals surface area contributed by atoms with Crippen LogP contribution in [0.5, 0.6) is 0 Å². The summed E-state index contributed by atoms with van der Waals surface area (Å²) in [6, 6.07) is 3.28. The highest BCUT2D eigenvalue weighted by molar-refractivity contribution is 9.10. The Morgan fingerprint density at radius 2 is 2.05 bits per heavy atom. The lowest BCUT2D eigenvalue weighted by molar-refractivity contribution is -0.137. The van der Waals surface area contributed by atoms with E-state index in [0.717, 1.165) is 12.1 Å². The molecule has 1 aromatic carbocycles. The summed E-state index contributed by atoms with van der Waals surface area (Å²) in [6.45, 7) is 1.89. The van der Waals surface area contributed by atoms with Gasteiger partial charge in [0.1, 0.15) is 0 Å². The third-order valence-electron chi connectivity index (χ3n) is 2.81. The van der Waals surface area contributed by atoms with E-state index in [-0.39, 0.29) is 11.7 Å². The first-order valence-corrected chi connectivity index (χ1v) is 6.66. The van der Waals surface area contributed by atoms with Crippen LogP contribution in [-0.2, 0) is 6.18 Å². The lowest BCUT2D eigenvalue weighted by atomic mass is 10.2.